The largest absolute Gasteiger partial charge is 0.507 e. The van der Waals surface area contributed by atoms with E-state index in [1.165, 1.54) is 4.90 Å². The number of phenolic OH excluding ortho intramolecular Hbond substituents is 1. The number of thioether (sulfide) groups is 1. The van der Waals surface area contributed by atoms with E-state index >= 15 is 0 Å². The number of hydrogen-bond acceptors (Lipinski definition) is 4. The molecule has 0 aliphatic heterocycles. The first-order valence-electron chi connectivity index (χ1n) is 9.48. The highest BCUT2D eigenvalue weighted by Gasteiger charge is 2.10. The Kier molecular flexibility index (Phi) is 6.77. The van der Waals surface area contributed by atoms with Gasteiger partial charge < -0.3 is 10.4 Å². The van der Waals surface area contributed by atoms with E-state index < -0.39 is 0 Å². The lowest BCUT2D eigenvalue weighted by Gasteiger charge is -2.12. The molecule has 1 heterocycles. The molecular weight excluding hydrogens is 352 g/mol. The minimum absolute atomic E-state index is 0.247. The normalized spacial score (nSPS) is 10.7. The third kappa shape index (κ3) is 5.04. The summed E-state index contributed by atoms with van der Waals surface area (Å²) in [6, 6.07) is 20.1. The summed E-state index contributed by atoms with van der Waals surface area (Å²) in [7, 11) is 0. The maximum atomic E-state index is 10.3. The van der Waals surface area contributed by atoms with Crippen LogP contribution in [0.25, 0.3) is 22.4 Å². The lowest BCUT2D eigenvalue weighted by Crippen LogP contribution is -2.03. The van der Waals surface area contributed by atoms with Crippen LogP contribution >= 0.6 is 11.8 Å². The summed E-state index contributed by atoms with van der Waals surface area (Å²) in [6.45, 7) is 5.22. The van der Waals surface area contributed by atoms with Gasteiger partial charge in [-0.25, -0.2) is 4.98 Å². The lowest BCUT2D eigenvalue weighted by atomic mass is 10.0. The topological polar surface area (TPSA) is 45.1 Å². The standard InChI is InChI=1S/C23H26N2OS/c1-3-5-14-24-23-16-18(17-10-12-19(13-11-17)27-4-2)15-21(25-23)20-8-6-7-9-22(20)26/h6-13,15-16,26H,3-5,14H2,1-2H3,(H,24,25). The molecule has 0 amide bonds. The van der Waals surface area contributed by atoms with Crippen molar-refractivity contribution >= 4 is 17.6 Å². The molecule has 0 saturated carbocycles. The molecule has 4 heteroatoms. The Bertz CT molecular complexity index is 878. The van der Waals surface area contributed by atoms with Crippen molar-refractivity contribution in [3.8, 4) is 28.1 Å². The van der Waals surface area contributed by atoms with Crippen LogP contribution in [0.15, 0.2) is 65.6 Å². The van der Waals surface area contributed by atoms with Gasteiger partial charge in [0.2, 0.25) is 0 Å². The molecule has 0 radical (unpaired) electrons. The van der Waals surface area contributed by atoms with Crippen LogP contribution in [0.3, 0.4) is 0 Å². The van der Waals surface area contributed by atoms with E-state index in [0.717, 1.165) is 53.3 Å². The van der Waals surface area contributed by atoms with Gasteiger partial charge in [0.25, 0.3) is 0 Å². The van der Waals surface area contributed by atoms with Gasteiger partial charge in [0.15, 0.2) is 0 Å². The molecule has 3 nitrogen and oxygen atoms in total. The summed E-state index contributed by atoms with van der Waals surface area (Å²) in [6.07, 6.45) is 2.23. The number of nitrogens with one attached hydrogen (secondary N) is 1. The molecule has 1 aromatic heterocycles. The van der Waals surface area contributed by atoms with Gasteiger partial charge in [-0.15, -0.1) is 11.8 Å². The number of rotatable bonds is 8. The SMILES string of the molecule is CCCCNc1cc(-c2ccc(SCC)cc2)cc(-c2ccccc2O)n1. The fraction of sp³-hybridized carbons (Fsp3) is 0.261. The van der Waals surface area contributed by atoms with Gasteiger partial charge >= 0.3 is 0 Å². The summed E-state index contributed by atoms with van der Waals surface area (Å²) in [5.41, 5.74) is 3.76. The van der Waals surface area contributed by atoms with Gasteiger partial charge in [-0.2, -0.15) is 0 Å². The zero-order chi connectivity index (χ0) is 19.1. The van der Waals surface area contributed by atoms with Crippen LogP contribution in [-0.2, 0) is 0 Å². The summed E-state index contributed by atoms with van der Waals surface area (Å²) in [4.78, 5) is 6.01. The Hall–Kier alpha value is -2.46. The molecular formula is C23H26N2OS. The van der Waals surface area contributed by atoms with Gasteiger partial charge in [0.05, 0.1) is 5.69 Å². The molecule has 0 unspecified atom stereocenters. The van der Waals surface area contributed by atoms with Crippen molar-refractivity contribution in [2.75, 3.05) is 17.6 Å². The minimum Gasteiger partial charge on any atom is -0.507 e. The number of hydrogen-bond donors (Lipinski definition) is 2. The van der Waals surface area contributed by atoms with Gasteiger partial charge in [-0.3, -0.25) is 0 Å². The Morgan fingerprint density at radius 1 is 0.963 bits per heavy atom. The third-order valence-corrected chi connectivity index (χ3v) is 5.23. The number of pyridine rings is 1. The van der Waals surface area contributed by atoms with Crippen molar-refractivity contribution in [3.63, 3.8) is 0 Å². The molecule has 0 spiro atoms. The molecule has 0 aliphatic carbocycles. The predicted octanol–water partition coefficient (Wildman–Crippen LogP) is 6.45. The number of aromatic hydroxyl groups is 1. The zero-order valence-corrected chi connectivity index (χ0v) is 16.7. The van der Waals surface area contributed by atoms with E-state index in [9.17, 15) is 5.11 Å². The molecule has 3 aromatic rings. The molecule has 0 aliphatic rings. The van der Waals surface area contributed by atoms with Crippen LogP contribution in [-0.4, -0.2) is 22.4 Å². The second-order valence-electron chi connectivity index (χ2n) is 6.38. The van der Waals surface area contributed by atoms with Crippen molar-refractivity contribution in [2.24, 2.45) is 0 Å². The van der Waals surface area contributed by atoms with E-state index in [2.05, 4.69) is 49.5 Å². The van der Waals surface area contributed by atoms with E-state index in [1.807, 2.05) is 36.0 Å². The van der Waals surface area contributed by atoms with Crippen molar-refractivity contribution < 1.29 is 5.11 Å². The Morgan fingerprint density at radius 2 is 1.74 bits per heavy atom. The number of nitrogens with zero attached hydrogens (tertiary/aromatic N) is 1. The van der Waals surface area contributed by atoms with Crippen molar-refractivity contribution in [1.29, 1.82) is 0 Å². The second kappa shape index (κ2) is 9.47. The fourth-order valence-corrected chi connectivity index (χ4v) is 3.58. The highest BCUT2D eigenvalue weighted by atomic mass is 32.2. The van der Waals surface area contributed by atoms with Crippen LogP contribution in [0, 0.1) is 0 Å². The maximum Gasteiger partial charge on any atom is 0.127 e. The first-order valence-corrected chi connectivity index (χ1v) is 10.5. The quantitative estimate of drug-likeness (QED) is 0.349. The van der Waals surface area contributed by atoms with Crippen LogP contribution in [0.5, 0.6) is 5.75 Å². The molecule has 0 saturated heterocycles. The van der Waals surface area contributed by atoms with Crippen LogP contribution in [0.2, 0.25) is 0 Å². The van der Waals surface area contributed by atoms with E-state index in [1.54, 1.807) is 6.07 Å². The number of phenols is 1. The second-order valence-corrected chi connectivity index (χ2v) is 7.72. The number of benzene rings is 2. The molecule has 0 bridgehead atoms. The summed E-state index contributed by atoms with van der Waals surface area (Å²) in [5, 5.41) is 13.7. The smallest absolute Gasteiger partial charge is 0.127 e. The third-order valence-electron chi connectivity index (χ3n) is 4.34. The number of anilines is 1. The van der Waals surface area contributed by atoms with Crippen molar-refractivity contribution in [1.82, 2.24) is 4.98 Å². The van der Waals surface area contributed by atoms with Crippen molar-refractivity contribution in [3.05, 3.63) is 60.7 Å². The molecule has 2 aromatic carbocycles. The van der Waals surface area contributed by atoms with Gasteiger partial charge in [0, 0.05) is 17.0 Å². The van der Waals surface area contributed by atoms with Gasteiger partial charge in [-0.1, -0.05) is 44.5 Å². The number of aromatic nitrogens is 1. The predicted molar refractivity (Wildman–Crippen MR) is 117 cm³/mol. The maximum absolute atomic E-state index is 10.3. The minimum atomic E-state index is 0.247. The van der Waals surface area contributed by atoms with Gasteiger partial charge in [-0.05, 0) is 59.7 Å². The molecule has 0 atom stereocenters. The van der Waals surface area contributed by atoms with Crippen LogP contribution < -0.4 is 5.32 Å². The number of para-hydroxylation sites is 1. The van der Waals surface area contributed by atoms with E-state index in [4.69, 9.17) is 4.98 Å². The van der Waals surface area contributed by atoms with Crippen LogP contribution in [0.1, 0.15) is 26.7 Å². The summed E-state index contributed by atoms with van der Waals surface area (Å²) < 4.78 is 0. The molecule has 140 valence electrons. The Morgan fingerprint density at radius 3 is 2.44 bits per heavy atom. The van der Waals surface area contributed by atoms with E-state index in [-0.39, 0.29) is 5.75 Å². The fourth-order valence-electron chi connectivity index (χ4n) is 2.92. The molecule has 0 fully saturated rings. The van der Waals surface area contributed by atoms with Gasteiger partial charge in [0.1, 0.15) is 11.6 Å². The molecule has 2 N–H and O–H groups in total. The average Bonchev–Trinajstić information content (AvgIpc) is 2.69. The monoisotopic (exact) mass is 378 g/mol. The lowest BCUT2D eigenvalue weighted by molar-refractivity contribution is 0.477. The molecule has 3 rings (SSSR count). The summed E-state index contributed by atoms with van der Waals surface area (Å²) >= 11 is 1.84. The first kappa shape index (κ1) is 19.3. The Balaban J connectivity index is 2.00. The Labute approximate surface area is 165 Å². The zero-order valence-electron chi connectivity index (χ0n) is 15.9. The number of unbranched alkanes of at least 4 members (excludes halogenated alkanes) is 1. The highest BCUT2D eigenvalue weighted by Crippen LogP contribution is 2.33. The van der Waals surface area contributed by atoms with Crippen LogP contribution in [0.4, 0.5) is 5.82 Å². The summed E-state index contributed by atoms with van der Waals surface area (Å²) in [5.74, 6) is 2.15. The highest BCUT2D eigenvalue weighted by molar-refractivity contribution is 7.99. The first-order chi connectivity index (χ1) is 13.2. The molecule has 27 heavy (non-hydrogen) atoms. The average molecular weight is 379 g/mol. The van der Waals surface area contributed by atoms with Crippen molar-refractivity contribution in [2.45, 2.75) is 31.6 Å². The van der Waals surface area contributed by atoms with E-state index in [0.29, 0.717) is 0 Å².